The van der Waals surface area contributed by atoms with Gasteiger partial charge in [0, 0.05) is 12.1 Å². The predicted molar refractivity (Wildman–Crippen MR) is 89.2 cm³/mol. The third-order valence-electron chi connectivity index (χ3n) is 4.79. The molecule has 1 heterocycles. The van der Waals surface area contributed by atoms with Gasteiger partial charge in [0.25, 0.3) is 0 Å². The van der Waals surface area contributed by atoms with Crippen molar-refractivity contribution in [2.75, 3.05) is 19.5 Å². The maximum Gasteiger partial charge on any atom is 0.218 e. The van der Waals surface area contributed by atoms with Crippen LogP contribution in [-0.4, -0.2) is 44.3 Å². The molecule has 1 saturated heterocycles. The molecule has 0 radical (unpaired) electrons. The fourth-order valence-electron chi connectivity index (χ4n) is 3.80. The molecule has 0 aromatic heterocycles. The van der Waals surface area contributed by atoms with Gasteiger partial charge in [-0.3, -0.25) is 0 Å². The molecule has 3 rings (SSSR count). The summed E-state index contributed by atoms with van der Waals surface area (Å²) in [5, 5.41) is 0. The van der Waals surface area contributed by atoms with Gasteiger partial charge in [0.05, 0.1) is 18.9 Å². The largest absolute Gasteiger partial charge is 0.497 e. The minimum atomic E-state index is -3.30. The van der Waals surface area contributed by atoms with E-state index in [4.69, 9.17) is 9.47 Å². The van der Waals surface area contributed by atoms with E-state index in [9.17, 15) is 8.42 Å². The molecule has 5 nitrogen and oxygen atoms in total. The van der Waals surface area contributed by atoms with Crippen LogP contribution in [0.5, 0.6) is 11.5 Å². The molecule has 1 aliphatic heterocycles. The van der Waals surface area contributed by atoms with E-state index < -0.39 is 10.0 Å². The van der Waals surface area contributed by atoms with Gasteiger partial charge in [-0.15, -0.1) is 6.58 Å². The van der Waals surface area contributed by atoms with E-state index in [1.165, 1.54) is 6.08 Å². The number of rotatable bonds is 7. The normalized spacial score (nSPS) is 27.1. The molecule has 6 heteroatoms. The number of nitrogens with zero attached hydrogens (tertiary/aromatic N) is 1. The Morgan fingerprint density at radius 3 is 2.87 bits per heavy atom. The second-order valence-electron chi connectivity index (χ2n) is 6.18. The standard InChI is InChI=1S/C17H23NO4S/c1-3-9-23(19,20)18-14-8-7-13(10-14)17(18)12-22-16-6-4-5-15(11-16)21-2/h3-6,11,13-14,17H,1,7-10,12H2,2H3/t13?,14?,17-/m0/s1. The summed E-state index contributed by atoms with van der Waals surface area (Å²) in [4.78, 5) is 0. The molecule has 1 aliphatic carbocycles. The lowest BCUT2D eigenvalue weighted by Gasteiger charge is -2.33. The van der Waals surface area contributed by atoms with E-state index in [2.05, 4.69) is 6.58 Å². The summed E-state index contributed by atoms with van der Waals surface area (Å²) in [7, 11) is -1.69. The molecule has 2 unspecified atom stereocenters. The van der Waals surface area contributed by atoms with E-state index in [0.717, 1.165) is 25.0 Å². The van der Waals surface area contributed by atoms with Crippen LogP contribution in [0.4, 0.5) is 0 Å². The molecule has 2 fully saturated rings. The van der Waals surface area contributed by atoms with Crippen LogP contribution in [0.3, 0.4) is 0 Å². The fourth-order valence-corrected chi connectivity index (χ4v) is 5.56. The highest BCUT2D eigenvalue weighted by Gasteiger charge is 2.50. The lowest BCUT2D eigenvalue weighted by atomic mass is 10.0. The molecule has 126 valence electrons. The summed E-state index contributed by atoms with van der Waals surface area (Å²) in [6.45, 7) is 3.95. The molecule has 2 aliphatic rings. The maximum absolute atomic E-state index is 12.5. The Labute approximate surface area is 137 Å². The zero-order valence-electron chi connectivity index (χ0n) is 13.3. The third kappa shape index (κ3) is 3.23. The molecule has 2 bridgehead atoms. The van der Waals surface area contributed by atoms with Gasteiger partial charge in [-0.1, -0.05) is 12.1 Å². The number of ether oxygens (including phenoxy) is 2. The molecule has 1 aromatic carbocycles. The second-order valence-corrected chi connectivity index (χ2v) is 8.10. The van der Waals surface area contributed by atoms with Crippen molar-refractivity contribution in [1.82, 2.24) is 4.31 Å². The zero-order valence-corrected chi connectivity index (χ0v) is 14.2. The Morgan fingerprint density at radius 2 is 2.13 bits per heavy atom. The summed E-state index contributed by atoms with van der Waals surface area (Å²) < 4.78 is 37.8. The van der Waals surface area contributed by atoms with Crippen molar-refractivity contribution >= 4 is 10.0 Å². The molecule has 1 saturated carbocycles. The fraction of sp³-hybridized carbons (Fsp3) is 0.529. The van der Waals surface area contributed by atoms with E-state index in [-0.39, 0.29) is 17.8 Å². The van der Waals surface area contributed by atoms with Gasteiger partial charge in [-0.2, -0.15) is 4.31 Å². The second kappa shape index (κ2) is 6.53. The van der Waals surface area contributed by atoms with Crippen molar-refractivity contribution in [3.05, 3.63) is 36.9 Å². The molecule has 3 atom stereocenters. The van der Waals surface area contributed by atoms with Crippen LogP contribution < -0.4 is 9.47 Å². The Hall–Kier alpha value is -1.53. The predicted octanol–water partition coefficient (Wildman–Crippen LogP) is 2.44. The molecular weight excluding hydrogens is 314 g/mol. The van der Waals surface area contributed by atoms with E-state index in [1.54, 1.807) is 11.4 Å². The molecule has 0 N–H and O–H groups in total. The van der Waals surface area contributed by atoms with Gasteiger partial charge in [0.15, 0.2) is 0 Å². The van der Waals surface area contributed by atoms with Crippen LogP contribution in [0.15, 0.2) is 36.9 Å². The zero-order chi connectivity index (χ0) is 16.4. The van der Waals surface area contributed by atoms with E-state index >= 15 is 0 Å². The van der Waals surface area contributed by atoms with Crippen molar-refractivity contribution in [3.63, 3.8) is 0 Å². The van der Waals surface area contributed by atoms with E-state index in [0.29, 0.717) is 18.3 Å². The number of piperidine rings is 1. The number of hydrogen-bond acceptors (Lipinski definition) is 4. The van der Waals surface area contributed by atoms with Crippen LogP contribution in [0.1, 0.15) is 19.3 Å². The first kappa shape index (κ1) is 16.3. The topological polar surface area (TPSA) is 55.8 Å². The monoisotopic (exact) mass is 337 g/mol. The van der Waals surface area contributed by atoms with Crippen molar-refractivity contribution in [1.29, 1.82) is 0 Å². The number of fused-ring (bicyclic) bond motifs is 2. The van der Waals surface area contributed by atoms with Gasteiger partial charge in [0.2, 0.25) is 10.0 Å². The summed E-state index contributed by atoms with van der Waals surface area (Å²) in [6, 6.07) is 7.44. The van der Waals surface area contributed by atoms with E-state index in [1.807, 2.05) is 24.3 Å². The first-order chi connectivity index (χ1) is 11.0. The van der Waals surface area contributed by atoms with Crippen molar-refractivity contribution < 1.29 is 17.9 Å². The number of hydrogen-bond donors (Lipinski definition) is 0. The average molecular weight is 337 g/mol. The first-order valence-electron chi connectivity index (χ1n) is 7.94. The average Bonchev–Trinajstić information content (AvgIpc) is 3.14. The highest BCUT2D eigenvalue weighted by molar-refractivity contribution is 7.89. The Bertz CT molecular complexity index is 673. The van der Waals surface area contributed by atoms with Crippen LogP contribution >= 0.6 is 0 Å². The summed E-state index contributed by atoms with van der Waals surface area (Å²) in [5.74, 6) is 1.82. The Morgan fingerprint density at radius 1 is 1.35 bits per heavy atom. The van der Waals surface area contributed by atoms with Crippen LogP contribution in [0.2, 0.25) is 0 Å². The van der Waals surface area contributed by atoms with Crippen LogP contribution in [-0.2, 0) is 10.0 Å². The van der Waals surface area contributed by atoms with Crippen molar-refractivity contribution in [2.24, 2.45) is 5.92 Å². The molecule has 1 aromatic rings. The van der Waals surface area contributed by atoms with Gasteiger partial charge < -0.3 is 9.47 Å². The molecule has 0 spiro atoms. The Kier molecular flexibility index (Phi) is 4.64. The third-order valence-corrected chi connectivity index (χ3v) is 6.66. The highest BCUT2D eigenvalue weighted by Crippen LogP contribution is 2.44. The number of methoxy groups -OCH3 is 1. The van der Waals surface area contributed by atoms with Crippen molar-refractivity contribution in [2.45, 2.75) is 31.3 Å². The number of benzene rings is 1. The minimum absolute atomic E-state index is 0.00806. The van der Waals surface area contributed by atoms with Gasteiger partial charge in [0.1, 0.15) is 18.1 Å². The summed E-state index contributed by atoms with van der Waals surface area (Å²) in [5.41, 5.74) is 0. The lowest BCUT2D eigenvalue weighted by molar-refractivity contribution is 0.162. The van der Waals surface area contributed by atoms with Crippen LogP contribution in [0.25, 0.3) is 0 Å². The highest BCUT2D eigenvalue weighted by atomic mass is 32.2. The maximum atomic E-state index is 12.5. The van der Waals surface area contributed by atoms with Gasteiger partial charge >= 0.3 is 0 Å². The van der Waals surface area contributed by atoms with Crippen LogP contribution in [0, 0.1) is 5.92 Å². The van der Waals surface area contributed by atoms with Gasteiger partial charge in [-0.25, -0.2) is 8.42 Å². The SMILES string of the molecule is C=CCS(=O)(=O)N1C2CCC(C2)[C@@H]1COc1cccc(OC)c1. The van der Waals surface area contributed by atoms with Crippen molar-refractivity contribution in [3.8, 4) is 11.5 Å². The lowest BCUT2D eigenvalue weighted by Crippen LogP contribution is -2.48. The smallest absolute Gasteiger partial charge is 0.218 e. The summed E-state index contributed by atoms with van der Waals surface area (Å²) >= 11 is 0. The number of sulfonamides is 1. The summed E-state index contributed by atoms with van der Waals surface area (Å²) in [6.07, 6.45) is 4.44. The van der Waals surface area contributed by atoms with Gasteiger partial charge in [-0.05, 0) is 37.3 Å². The quantitative estimate of drug-likeness (QED) is 0.717. The molecule has 0 amide bonds. The Balaban J connectivity index is 1.73. The first-order valence-corrected chi connectivity index (χ1v) is 9.55. The molecule has 23 heavy (non-hydrogen) atoms. The molecular formula is C17H23NO4S. The minimum Gasteiger partial charge on any atom is -0.497 e.